The zero-order valence-corrected chi connectivity index (χ0v) is 7.82. The van der Waals surface area contributed by atoms with Crippen molar-refractivity contribution < 1.29 is 0 Å². The molecular formula is C8H11N5O. The maximum absolute atomic E-state index is 11.1. The number of H-pyrrole nitrogens is 1. The molecule has 0 unspecified atom stereocenters. The van der Waals surface area contributed by atoms with Gasteiger partial charge in [0, 0.05) is 6.54 Å². The van der Waals surface area contributed by atoms with Gasteiger partial charge in [0.15, 0.2) is 5.65 Å². The molecule has 3 N–H and O–H groups in total. The number of aromatic amines is 1. The quantitative estimate of drug-likeness (QED) is 0.708. The lowest BCUT2D eigenvalue weighted by Crippen LogP contribution is -2.14. The number of imidazole rings is 1. The largest absolute Gasteiger partial charge is 0.383 e. The first-order valence-corrected chi connectivity index (χ1v) is 4.43. The molecule has 0 atom stereocenters. The molecule has 2 rings (SSSR count). The van der Waals surface area contributed by atoms with Crippen LogP contribution in [0.2, 0.25) is 0 Å². The molecule has 2 heterocycles. The molecule has 0 radical (unpaired) electrons. The summed E-state index contributed by atoms with van der Waals surface area (Å²) in [7, 11) is 0. The van der Waals surface area contributed by atoms with Gasteiger partial charge in [-0.25, -0.2) is 9.78 Å². The van der Waals surface area contributed by atoms with E-state index in [1.807, 2.05) is 11.5 Å². The van der Waals surface area contributed by atoms with Crippen molar-refractivity contribution >= 4 is 17.0 Å². The maximum Gasteiger partial charge on any atom is 0.348 e. The highest BCUT2D eigenvalue weighted by molar-refractivity contribution is 5.80. The van der Waals surface area contributed by atoms with E-state index in [0.29, 0.717) is 11.2 Å². The molecule has 0 aromatic carbocycles. The number of nitrogens with one attached hydrogen (secondary N) is 1. The van der Waals surface area contributed by atoms with Gasteiger partial charge >= 0.3 is 5.69 Å². The highest BCUT2D eigenvalue weighted by Gasteiger charge is 2.07. The highest BCUT2D eigenvalue weighted by Crippen LogP contribution is 2.12. The molecule has 0 aliphatic carbocycles. The maximum atomic E-state index is 11.1. The van der Waals surface area contributed by atoms with Crippen LogP contribution in [0.15, 0.2) is 11.1 Å². The van der Waals surface area contributed by atoms with E-state index in [1.54, 1.807) is 6.33 Å². The predicted octanol–water partition coefficient (Wildman–Crippen LogP) is 0.112. The minimum atomic E-state index is -0.437. The van der Waals surface area contributed by atoms with Gasteiger partial charge in [0.1, 0.15) is 11.3 Å². The third-order valence-corrected chi connectivity index (χ3v) is 1.98. The minimum Gasteiger partial charge on any atom is -0.383 e. The van der Waals surface area contributed by atoms with E-state index in [0.717, 1.165) is 13.0 Å². The average Bonchev–Trinajstić information content (AvgIpc) is 2.49. The van der Waals surface area contributed by atoms with Gasteiger partial charge in [-0.05, 0) is 6.42 Å². The third-order valence-electron chi connectivity index (χ3n) is 1.98. The number of anilines is 1. The van der Waals surface area contributed by atoms with Crippen LogP contribution in [-0.4, -0.2) is 19.5 Å². The second-order valence-electron chi connectivity index (χ2n) is 3.07. The van der Waals surface area contributed by atoms with Gasteiger partial charge < -0.3 is 10.3 Å². The SMILES string of the molecule is CCCn1cnc2c(N)[nH]c(=O)nc21. The Labute approximate surface area is 79.8 Å². The Kier molecular flexibility index (Phi) is 1.95. The molecule has 0 saturated heterocycles. The van der Waals surface area contributed by atoms with Gasteiger partial charge in [-0.2, -0.15) is 4.98 Å². The van der Waals surface area contributed by atoms with E-state index < -0.39 is 5.69 Å². The minimum absolute atomic E-state index is 0.273. The molecule has 14 heavy (non-hydrogen) atoms. The number of hydrogen-bond acceptors (Lipinski definition) is 4. The van der Waals surface area contributed by atoms with Crippen molar-refractivity contribution in [1.29, 1.82) is 0 Å². The van der Waals surface area contributed by atoms with Crippen LogP contribution < -0.4 is 11.4 Å². The van der Waals surface area contributed by atoms with E-state index >= 15 is 0 Å². The molecule has 6 heteroatoms. The molecule has 0 spiro atoms. The summed E-state index contributed by atoms with van der Waals surface area (Å²) in [6.45, 7) is 2.83. The lowest BCUT2D eigenvalue weighted by Gasteiger charge is -1.99. The fraction of sp³-hybridized carbons (Fsp3) is 0.375. The molecule has 0 bridgehead atoms. The number of nitrogen functional groups attached to an aromatic ring is 1. The molecule has 74 valence electrons. The lowest BCUT2D eigenvalue weighted by molar-refractivity contribution is 0.690. The van der Waals surface area contributed by atoms with E-state index in [1.165, 1.54) is 0 Å². The van der Waals surface area contributed by atoms with Gasteiger partial charge in [0.2, 0.25) is 0 Å². The van der Waals surface area contributed by atoms with Crippen molar-refractivity contribution in [2.75, 3.05) is 5.73 Å². The van der Waals surface area contributed by atoms with Crippen molar-refractivity contribution in [2.45, 2.75) is 19.9 Å². The standard InChI is InChI=1S/C8H11N5O/c1-2-3-13-4-10-5-6(9)11-8(14)12-7(5)13/h4H,2-3H2,1H3,(H3,9,11,12,14). The van der Waals surface area contributed by atoms with Crippen molar-refractivity contribution in [3.8, 4) is 0 Å². The number of aryl methyl sites for hydroxylation is 1. The Morgan fingerprint density at radius 2 is 2.43 bits per heavy atom. The molecule has 0 amide bonds. The molecular weight excluding hydrogens is 182 g/mol. The molecule has 2 aromatic rings. The Balaban J connectivity index is 2.72. The van der Waals surface area contributed by atoms with Crippen LogP contribution in [-0.2, 0) is 6.54 Å². The average molecular weight is 193 g/mol. The Morgan fingerprint density at radius 3 is 3.14 bits per heavy atom. The van der Waals surface area contributed by atoms with Gasteiger partial charge in [-0.3, -0.25) is 4.98 Å². The number of fused-ring (bicyclic) bond motifs is 1. The first-order valence-electron chi connectivity index (χ1n) is 4.43. The summed E-state index contributed by atoms with van der Waals surface area (Å²) < 4.78 is 1.82. The fourth-order valence-electron chi connectivity index (χ4n) is 1.39. The van der Waals surface area contributed by atoms with Crippen LogP contribution >= 0.6 is 0 Å². The van der Waals surface area contributed by atoms with Crippen LogP contribution in [0.1, 0.15) is 13.3 Å². The molecule has 0 saturated carbocycles. The smallest absolute Gasteiger partial charge is 0.348 e. The number of nitrogens with zero attached hydrogens (tertiary/aromatic N) is 3. The van der Waals surface area contributed by atoms with Gasteiger partial charge in [0.05, 0.1) is 6.33 Å². The molecule has 0 aliphatic rings. The van der Waals surface area contributed by atoms with Gasteiger partial charge in [0.25, 0.3) is 0 Å². The lowest BCUT2D eigenvalue weighted by atomic mass is 10.4. The van der Waals surface area contributed by atoms with Crippen LogP contribution in [0.4, 0.5) is 5.82 Å². The van der Waals surface area contributed by atoms with E-state index in [2.05, 4.69) is 15.0 Å². The second-order valence-corrected chi connectivity index (χ2v) is 3.07. The Bertz CT molecular complexity index is 512. The van der Waals surface area contributed by atoms with Crippen molar-refractivity contribution in [3.63, 3.8) is 0 Å². The van der Waals surface area contributed by atoms with Gasteiger partial charge in [-0.15, -0.1) is 0 Å². The van der Waals surface area contributed by atoms with E-state index in [-0.39, 0.29) is 5.82 Å². The summed E-state index contributed by atoms with van der Waals surface area (Å²) in [4.78, 5) is 21.4. The van der Waals surface area contributed by atoms with E-state index in [4.69, 9.17) is 5.73 Å². The molecule has 0 aliphatic heterocycles. The fourth-order valence-corrected chi connectivity index (χ4v) is 1.39. The zero-order chi connectivity index (χ0) is 10.1. The normalized spacial score (nSPS) is 10.9. The van der Waals surface area contributed by atoms with Crippen molar-refractivity contribution in [3.05, 3.63) is 16.8 Å². The summed E-state index contributed by atoms with van der Waals surface area (Å²) in [5, 5.41) is 0. The van der Waals surface area contributed by atoms with Crippen LogP contribution in [0.5, 0.6) is 0 Å². The summed E-state index contributed by atoms with van der Waals surface area (Å²) in [5.41, 5.74) is 6.26. The first kappa shape index (κ1) is 8.74. The highest BCUT2D eigenvalue weighted by atomic mass is 16.1. The molecule has 0 fully saturated rings. The summed E-state index contributed by atoms with van der Waals surface area (Å²) >= 11 is 0. The molecule has 6 nitrogen and oxygen atoms in total. The molecule has 2 aromatic heterocycles. The monoisotopic (exact) mass is 193 g/mol. The third kappa shape index (κ3) is 1.24. The van der Waals surface area contributed by atoms with Gasteiger partial charge in [-0.1, -0.05) is 6.92 Å². The first-order chi connectivity index (χ1) is 6.72. The zero-order valence-electron chi connectivity index (χ0n) is 7.82. The van der Waals surface area contributed by atoms with Crippen LogP contribution in [0.25, 0.3) is 11.2 Å². The summed E-state index contributed by atoms with van der Waals surface area (Å²) in [6, 6.07) is 0. The Morgan fingerprint density at radius 1 is 1.64 bits per heavy atom. The summed E-state index contributed by atoms with van der Waals surface area (Å²) in [6.07, 6.45) is 2.60. The number of hydrogen-bond donors (Lipinski definition) is 2. The second kappa shape index (κ2) is 3.13. The number of aromatic nitrogens is 4. The predicted molar refractivity (Wildman–Crippen MR) is 52.9 cm³/mol. The van der Waals surface area contributed by atoms with Crippen molar-refractivity contribution in [1.82, 2.24) is 19.5 Å². The van der Waals surface area contributed by atoms with E-state index in [9.17, 15) is 4.79 Å². The number of nitrogens with two attached hydrogens (primary N) is 1. The number of rotatable bonds is 2. The van der Waals surface area contributed by atoms with Crippen molar-refractivity contribution in [2.24, 2.45) is 0 Å². The summed E-state index contributed by atoms with van der Waals surface area (Å²) in [5.74, 6) is 0.273. The van der Waals surface area contributed by atoms with Crippen LogP contribution in [0, 0.1) is 0 Å². The van der Waals surface area contributed by atoms with Crippen LogP contribution in [0.3, 0.4) is 0 Å². The topological polar surface area (TPSA) is 89.6 Å². The Hall–Kier alpha value is -1.85.